The highest BCUT2D eigenvalue weighted by atomic mass is 15.3. The first-order valence-electron chi connectivity index (χ1n) is 6.85. The second-order valence-electron chi connectivity index (χ2n) is 5.21. The summed E-state index contributed by atoms with van der Waals surface area (Å²) in [6, 6.07) is 0.104. The van der Waals surface area contributed by atoms with Gasteiger partial charge >= 0.3 is 0 Å². The minimum absolute atomic E-state index is 0.104. The van der Waals surface area contributed by atoms with Crippen LogP contribution in [0.5, 0.6) is 0 Å². The molecule has 3 heterocycles. The first-order chi connectivity index (χ1) is 9.20. The molecule has 19 heavy (non-hydrogen) atoms. The summed E-state index contributed by atoms with van der Waals surface area (Å²) in [6.07, 6.45) is 5.01. The lowest BCUT2D eigenvalue weighted by molar-refractivity contribution is 0.439. The van der Waals surface area contributed by atoms with Gasteiger partial charge in [-0.15, -0.1) is 10.2 Å². The predicted octanol–water partition coefficient (Wildman–Crippen LogP) is 1.22. The van der Waals surface area contributed by atoms with Gasteiger partial charge in [0.2, 0.25) is 0 Å². The Hall–Kier alpha value is -1.69. The van der Waals surface area contributed by atoms with E-state index >= 15 is 0 Å². The van der Waals surface area contributed by atoms with Crippen molar-refractivity contribution in [3.63, 3.8) is 0 Å². The van der Waals surface area contributed by atoms with Crippen molar-refractivity contribution < 1.29 is 0 Å². The zero-order chi connectivity index (χ0) is 13.4. The Bertz CT molecular complexity index is 569. The lowest BCUT2D eigenvalue weighted by atomic mass is 10.1. The summed E-state index contributed by atoms with van der Waals surface area (Å²) in [5.74, 6) is 2.57. The zero-order valence-electron chi connectivity index (χ0n) is 11.7. The molecule has 2 unspecified atom stereocenters. The lowest BCUT2D eigenvalue weighted by Crippen LogP contribution is -2.35. The van der Waals surface area contributed by atoms with Gasteiger partial charge in [0.15, 0.2) is 5.82 Å². The summed E-state index contributed by atoms with van der Waals surface area (Å²) in [6.45, 7) is 6.27. The minimum Gasteiger partial charge on any atom is -0.312 e. The third-order valence-corrected chi connectivity index (χ3v) is 3.86. The van der Waals surface area contributed by atoms with Gasteiger partial charge in [0.05, 0.1) is 12.2 Å². The first-order valence-corrected chi connectivity index (χ1v) is 6.85. The van der Waals surface area contributed by atoms with Crippen LogP contribution < -0.4 is 5.32 Å². The molecule has 2 aromatic rings. The van der Waals surface area contributed by atoms with Crippen LogP contribution >= 0.6 is 0 Å². The molecule has 0 aromatic carbocycles. The van der Waals surface area contributed by atoms with Crippen molar-refractivity contribution in [1.29, 1.82) is 0 Å². The van der Waals surface area contributed by atoms with Gasteiger partial charge in [-0.2, -0.15) is 5.10 Å². The predicted molar refractivity (Wildman–Crippen MR) is 71.8 cm³/mol. The molecule has 0 saturated carbocycles. The Labute approximate surface area is 112 Å². The van der Waals surface area contributed by atoms with Crippen LogP contribution in [-0.4, -0.2) is 31.1 Å². The molecule has 0 radical (unpaired) electrons. The molecular formula is C13H20N6. The Kier molecular flexibility index (Phi) is 3.10. The first kappa shape index (κ1) is 12.3. The third kappa shape index (κ3) is 2.06. The van der Waals surface area contributed by atoms with Crippen molar-refractivity contribution in [2.75, 3.05) is 6.54 Å². The van der Waals surface area contributed by atoms with Crippen LogP contribution in [0.25, 0.3) is 0 Å². The van der Waals surface area contributed by atoms with Crippen LogP contribution in [0.1, 0.15) is 49.4 Å². The number of aryl methyl sites for hydroxylation is 1. The monoisotopic (exact) mass is 260 g/mol. The van der Waals surface area contributed by atoms with Crippen LogP contribution in [0.15, 0.2) is 12.4 Å². The molecule has 0 fully saturated rings. The normalized spacial score (nSPS) is 20.3. The van der Waals surface area contributed by atoms with Gasteiger partial charge in [-0.1, -0.05) is 13.8 Å². The maximum atomic E-state index is 4.41. The molecule has 1 aliphatic rings. The lowest BCUT2D eigenvalue weighted by Gasteiger charge is -2.25. The van der Waals surface area contributed by atoms with Crippen molar-refractivity contribution >= 4 is 0 Å². The second-order valence-corrected chi connectivity index (χ2v) is 5.21. The Morgan fingerprint density at radius 2 is 2.32 bits per heavy atom. The number of rotatable bonds is 3. The van der Waals surface area contributed by atoms with E-state index in [2.05, 4.69) is 39.0 Å². The fraction of sp³-hybridized carbons (Fsp3) is 0.615. The van der Waals surface area contributed by atoms with E-state index in [1.165, 1.54) is 0 Å². The number of hydrogen-bond acceptors (Lipinski definition) is 4. The van der Waals surface area contributed by atoms with Gasteiger partial charge in [0.25, 0.3) is 0 Å². The summed E-state index contributed by atoms with van der Waals surface area (Å²) >= 11 is 0. The van der Waals surface area contributed by atoms with Crippen molar-refractivity contribution in [3.8, 4) is 0 Å². The van der Waals surface area contributed by atoms with Gasteiger partial charge < -0.3 is 9.88 Å². The standard InChI is InChI=1S/C13H20N6/c1-4-9(2)12-16-17-13-11(14-5-6-19(12)13)10-7-15-18(3)8-10/h7-9,11,14H,4-6H2,1-3H3. The smallest absolute Gasteiger partial charge is 0.154 e. The van der Waals surface area contributed by atoms with E-state index in [-0.39, 0.29) is 6.04 Å². The maximum absolute atomic E-state index is 4.41. The van der Waals surface area contributed by atoms with E-state index in [0.717, 1.165) is 36.7 Å². The summed E-state index contributed by atoms with van der Waals surface area (Å²) < 4.78 is 4.09. The number of aromatic nitrogens is 5. The highest BCUT2D eigenvalue weighted by molar-refractivity contribution is 5.22. The summed E-state index contributed by atoms with van der Waals surface area (Å²) in [5.41, 5.74) is 1.14. The second kappa shape index (κ2) is 4.77. The molecule has 6 nitrogen and oxygen atoms in total. The van der Waals surface area contributed by atoms with Gasteiger partial charge in [-0.05, 0) is 6.42 Å². The fourth-order valence-electron chi connectivity index (χ4n) is 2.59. The van der Waals surface area contributed by atoms with Crippen molar-refractivity contribution in [1.82, 2.24) is 29.9 Å². The molecule has 3 rings (SSSR count). The largest absolute Gasteiger partial charge is 0.312 e. The van der Waals surface area contributed by atoms with Gasteiger partial charge in [-0.3, -0.25) is 4.68 Å². The number of nitrogens with one attached hydrogen (secondary N) is 1. The average molecular weight is 260 g/mol. The minimum atomic E-state index is 0.104. The zero-order valence-corrected chi connectivity index (χ0v) is 11.7. The van der Waals surface area contributed by atoms with Gasteiger partial charge in [-0.25, -0.2) is 0 Å². The average Bonchev–Trinajstić information content (AvgIpc) is 3.03. The molecule has 0 bridgehead atoms. The van der Waals surface area contributed by atoms with E-state index in [9.17, 15) is 0 Å². The van der Waals surface area contributed by atoms with Crippen LogP contribution in [-0.2, 0) is 13.6 Å². The number of hydrogen-bond donors (Lipinski definition) is 1. The topological polar surface area (TPSA) is 60.6 Å². The molecule has 0 amide bonds. The molecule has 2 atom stereocenters. The summed E-state index contributed by atoms with van der Waals surface area (Å²) in [4.78, 5) is 0. The third-order valence-electron chi connectivity index (χ3n) is 3.86. The van der Waals surface area contributed by atoms with Crippen molar-refractivity contribution in [2.45, 2.75) is 38.8 Å². The number of nitrogens with zero attached hydrogens (tertiary/aromatic N) is 5. The quantitative estimate of drug-likeness (QED) is 0.901. The molecule has 0 spiro atoms. The van der Waals surface area contributed by atoms with Crippen LogP contribution in [0.2, 0.25) is 0 Å². The molecule has 0 saturated heterocycles. The number of fused-ring (bicyclic) bond motifs is 1. The van der Waals surface area contributed by atoms with Crippen LogP contribution in [0.3, 0.4) is 0 Å². The van der Waals surface area contributed by atoms with E-state index < -0.39 is 0 Å². The summed E-state index contributed by atoms with van der Waals surface area (Å²) in [5, 5.41) is 16.5. The summed E-state index contributed by atoms with van der Waals surface area (Å²) in [7, 11) is 1.93. The van der Waals surface area contributed by atoms with E-state index in [4.69, 9.17) is 0 Å². The van der Waals surface area contributed by atoms with E-state index in [1.807, 2.05) is 24.1 Å². The SMILES string of the molecule is CCC(C)c1nnc2n1CCNC2c1cnn(C)c1. The van der Waals surface area contributed by atoms with Crippen molar-refractivity contribution in [2.24, 2.45) is 7.05 Å². The Morgan fingerprint density at radius 3 is 3.00 bits per heavy atom. The van der Waals surface area contributed by atoms with Crippen LogP contribution in [0, 0.1) is 0 Å². The van der Waals surface area contributed by atoms with Gasteiger partial charge in [0, 0.05) is 37.8 Å². The highest BCUT2D eigenvalue weighted by Gasteiger charge is 2.28. The van der Waals surface area contributed by atoms with Crippen LogP contribution in [0.4, 0.5) is 0 Å². The van der Waals surface area contributed by atoms with Crippen molar-refractivity contribution in [3.05, 3.63) is 29.6 Å². The fourth-order valence-corrected chi connectivity index (χ4v) is 2.59. The maximum Gasteiger partial charge on any atom is 0.154 e. The molecule has 1 N–H and O–H groups in total. The Balaban J connectivity index is 1.99. The molecule has 2 aromatic heterocycles. The molecule has 6 heteroatoms. The Morgan fingerprint density at radius 1 is 1.47 bits per heavy atom. The van der Waals surface area contributed by atoms with Gasteiger partial charge in [0.1, 0.15) is 5.82 Å². The highest BCUT2D eigenvalue weighted by Crippen LogP contribution is 2.26. The molecule has 0 aliphatic carbocycles. The van der Waals surface area contributed by atoms with E-state index in [0.29, 0.717) is 5.92 Å². The van der Waals surface area contributed by atoms with E-state index in [1.54, 1.807) is 0 Å². The molecule has 102 valence electrons. The molecular weight excluding hydrogens is 240 g/mol. The molecule has 1 aliphatic heterocycles.